The Labute approximate surface area is 150 Å². The number of hydrogen-bond acceptors (Lipinski definition) is 2. The molecule has 0 unspecified atom stereocenters. The fraction of sp³-hybridized carbons (Fsp3) is 0.217. The Balaban J connectivity index is 1.55. The average Bonchev–Trinajstić information content (AvgIpc) is 2.67. The Morgan fingerprint density at radius 3 is 2.24 bits per heavy atom. The zero-order chi connectivity index (χ0) is 17.3. The molecule has 3 aromatic rings. The molecule has 0 aliphatic heterocycles. The highest BCUT2D eigenvalue weighted by Crippen LogP contribution is 2.21. The first-order chi connectivity index (χ1) is 12.3. The van der Waals surface area contributed by atoms with Crippen LogP contribution in [-0.4, -0.2) is 0 Å². The van der Waals surface area contributed by atoms with Crippen molar-refractivity contribution in [3.8, 4) is 5.75 Å². The largest absolute Gasteiger partial charge is 0.489 e. The van der Waals surface area contributed by atoms with Gasteiger partial charge in [0, 0.05) is 11.4 Å². The maximum Gasteiger partial charge on any atom is 0.119 e. The summed E-state index contributed by atoms with van der Waals surface area (Å²) in [5.74, 6) is 0.887. The lowest BCUT2D eigenvalue weighted by atomic mass is 10.1. The molecule has 0 aliphatic rings. The molecule has 0 radical (unpaired) electrons. The summed E-state index contributed by atoms with van der Waals surface area (Å²) in [6.45, 7) is 2.83. The fourth-order valence-electron chi connectivity index (χ4n) is 2.75. The molecule has 0 saturated heterocycles. The molecule has 0 spiro atoms. The molecule has 3 rings (SSSR count). The van der Waals surface area contributed by atoms with Crippen LogP contribution in [0.15, 0.2) is 78.9 Å². The summed E-state index contributed by atoms with van der Waals surface area (Å²) >= 11 is 0. The molecule has 0 heterocycles. The van der Waals surface area contributed by atoms with Crippen molar-refractivity contribution < 1.29 is 4.74 Å². The molecular weight excluding hydrogens is 306 g/mol. The Kier molecular flexibility index (Phi) is 6.11. The summed E-state index contributed by atoms with van der Waals surface area (Å²) in [5, 5.41) is 3.38. The van der Waals surface area contributed by atoms with Gasteiger partial charge in [0.25, 0.3) is 0 Å². The molecule has 2 nitrogen and oxygen atoms in total. The zero-order valence-corrected chi connectivity index (χ0v) is 14.7. The molecule has 3 aromatic carbocycles. The first-order valence-corrected chi connectivity index (χ1v) is 8.96. The van der Waals surface area contributed by atoms with Crippen molar-refractivity contribution in [1.29, 1.82) is 0 Å². The van der Waals surface area contributed by atoms with Gasteiger partial charge >= 0.3 is 0 Å². The second-order valence-electron chi connectivity index (χ2n) is 6.23. The molecule has 25 heavy (non-hydrogen) atoms. The molecule has 1 N–H and O–H groups in total. The van der Waals surface area contributed by atoms with Crippen LogP contribution in [0.1, 0.15) is 30.9 Å². The van der Waals surface area contributed by atoms with E-state index in [0.717, 1.165) is 23.5 Å². The number of para-hydroxylation sites is 1. The summed E-state index contributed by atoms with van der Waals surface area (Å²) in [4.78, 5) is 0. The van der Waals surface area contributed by atoms with Crippen molar-refractivity contribution in [2.24, 2.45) is 0 Å². The van der Waals surface area contributed by atoms with Crippen LogP contribution in [0.5, 0.6) is 5.75 Å². The molecule has 0 fully saturated rings. The van der Waals surface area contributed by atoms with Gasteiger partial charge in [-0.15, -0.1) is 0 Å². The second-order valence-corrected chi connectivity index (χ2v) is 6.23. The first kappa shape index (κ1) is 17.1. The maximum atomic E-state index is 5.93. The van der Waals surface area contributed by atoms with E-state index in [1.54, 1.807) is 0 Å². The quantitative estimate of drug-likeness (QED) is 0.519. The minimum atomic E-state index is 0.603. The van der Waals surface area contributed by atoms with E-state index < -0.39 is 0 Å². The van der Waals surface area contributed by atoms with E-state index in [0.29, 0.717) is 6.61 Å². The van der Waals surface area contributed by atoms with Crippen LogP contribution in [0.3, 0.4) is 0 Å². The number of nitrogens with one attached hydrogen (secondary N) is 1. The lowest BCUT2D eigenvalue weighted by Gasteiger charge is -2.10. The van der Waals surface area contributed by atoms with Crippen molar-refractivity contribution in [3.05, 3.63) is 90.0 Å². The van der Waals surface area contributed by atoms with Crippen LogP contribution in [0, 0.1) is 0 Å². The van der Waals surface area contributed by atoms with E-state index in [2.05, 4.69) is 48.6 Å². The van der Waals surface area contributed by atoms with Crippen molar-refractivity contribution in [1.82, 2.24) is 0 Å². The Hall–Kier alpha value is -2.74. The molecule has 0 atom stereocenters. The molecule has 2 heteroatoms. The van der Waals surface area contributed by atoms with E-state index in [9.17, 15) is 0 Å². The number of unbranched alkanes of at least 4 members (excludes halogenated alkanes) is 1. The summed E-state index contributed by atoms with van der Waals surface area (Å²) in [6, 6.07) is 27.0. The highest BCUT2D eigenvalue weighted by atomic mass is 16.5. The van der Waals surface area contributed by atoms with Gasteiger partial charge in [0.05, 0.1) is 0 Å². The smallest absolute Gasteiger partial charge is 0.119 e. The Morgan fingerprint density at radius 2 is 1.48 bits per heavy atom. The van der Waals surface area contributed by atoms with Crippen molar-refractivity contribution in [2.75, 3.05) is 5.32 Å². The van der Waals surface area contributed by atoms with Gasteiger partial charge in [-0.2, -0.15) is 0 Å². The third kappa shape index (κ3) is 5.39. The van der Waals surface area contributed by atoms with Crippen molar-refractivity contribution in [2.45, 2.75) is 32.8 Å². The van der Waals surface area contributed by atoms with Crippen LogP contribution >= 0.6 is 0 Å². The van der Waals surface area contributed by atoms with E-state index in [-0.39, 0.29) is 0 Å². The minimum Gasteiger partial charge on any atom is -0.489 e. The second kappa shape index (κ2) is 8.93. The summed E-state index contributed by atoms with van der Waals surface area (Å²) in [7, 11) is 0. The first-order valence-electron chi connectivity index (χ1n) is 8.96. The van der Waals surface area contributed by atoms with Crippen LogP contribution in [0.25, 0.3) is 0 Å². The van der Waals surface area contributed by atoms with Gasteiger partial charge in [0.15, 0.2) is 0 Å². The standard InChI is InChI=1S/C23H25NO/c1-2-3-8-19-9-7-10-20(17-19)18-25-23-15-13-22(14-16-23)24-21-11-5-4-6-12-21/h4-7,9-17,24H,2-3,8,18H2,1H3. The van der Waals surface area contributed by atoms with Crippen LogP contribution in [0.4, 0.5) is 11.4 Å². The third-order valence-corrected chi connectivity index (χ3v) is 4.13. The lowest BCUT2D eigenvalue weighted by Crippen LogP contribution is -1.97. The monoisotopic (exact) mass is 331 g/mol. The molecule has 0 aliphatic carbocycles. The molecule has 0 bridgehead atoms. The number of anilines is 2. The van der Waals surface area contributed by atoms with E-state index in [4.69, 9.17) is 4.74 Å². The topological polar surface area (TPSA) is 21.3 Å². The molecule has 128 valence electrons. The predicted molar refractivity (Wildman–Crippen MR) is 106 cm³/mol. The number of rotatable bonds is 8. The number of aryl methyl sites for hydroxylation is 1. The summed E-state index contributed by atoms with van der Waals surface area (Å²) in [6.07, 6.45) is 3.61. The number of ether oxygens (including phenoxy) is 1. The van der Waals surface area contributed by atoms with Crippen molar-refractivity contribution in [3.63, 3.8) is 0 Å². The van der Waals surface area contributed by atoms with Gasteiger partial charge in [0.2, 0.25) is 0 Å². The minimum absolute atomic E-state index is 0.603. The van der Waals surface area contributed by atoms with Gasteiger partial charge in [-0.3, -0.25) is 0 Å². The zero-order valence-electron chi connectivity index (χ0n) is 14.7. The van der Waals surface area contributed by atoms with Gasteiger partial charge < -0.3 is 10.1 Å². The highest BCUT2D eigenvalue weighted by molar-refractivity contribution is 5.60. The number of benzene rings is 3. The van der Waals surface area contributed by atoms with Gasteiger partial charge in [0.1, 0.15) is 12.4 Å². The van der Waals surface area contributed by atoms with Crippen LogP contribution < -0.4 is 10.1 Å². The third-order valence-electron chi connectivity index (χ3n) is 4.13. The van der Waals surface area contributed by atoms with Crippen LogP contribution in [-0.2, 0) is 13.0 Å². The SMILES string of the molecule is CCCCc1cccc(COc2ccc(Nc3ccccc3)cc2)c1. The summed E-state index contributed by atoms with van der Waals surface area (Å²) in [5.41, 5.74) is 4.76. The number of hydrogen-bond donors (Lipinski definition) is 1. The molecule has 0 amide bonds. The Morgan fingerprint density at radius 1 is 0.760 bits per heavy atom. The molecule has 0 saturated carbocycles. The van der Waals surface area contributed by atoms with Gasteiger partial charge in [-0.1, -0.05) is 55.8 Å². The van der Waals surface area contributed by atoms with Gasteiger partial charge in [-0.25, -0.2) is 0 Å². The van der Waals surface area contributed by atoms with Crippen LogP contribution in [0.2, 0.25) is 0 Å². The Bertz CT molecular complexity index is 766. The average molecular weight is 331 g/mol. The van der Waals surface area contributed by atoms with E-state index in [1.165, 1.54) is 24.0 Å². The molecular formula is C23H25NO. The highest BCUT2D eigenvalue weighted by Gasteiger charge is 2.00. The lowest BCUT2D eigenvalue weighted by molar-refractivity contribution is 0.306. The molecule has 0 aromatic heterocycles. The van der Waals surface area contributed by atoms with E-state index in [1.807, 2.05) is 42.5 Å². The fourth-order valence-corrected chi connectivity index (χ4v) is 2.75. The van der Waals surface area contributed by atoms with E-state index >= 15 is 0 Å². The van der Waals surface area contributed by atoms with Gasteiger partial charge in [-0.05, 0) is 60.4 Å². The predicted octanol–water partition coefficient (Wildman–Crippen LogP) is 6.35. The normalized spacial score (nSPS) is 10.4. The summed E-state index contributed by atoms with van der Waals surface area (Å²) < 4.78 is 5.93. The maximum absolute atomic E-state index is 5.93. The van der Waals surface area contributed by atoms with Crippen molar-refractivity contribution >= 4 is 11.4 Å².